The van der Waals surface area contributed by atoms with Crippen LogP contribution >= 0.6 is 0 Å². The van der Waals surface area contributed by atoms with Crippen LogP contribution < -0.4 is 0 Å². The second-order valence-electron chi connectivity index (χ2n) is 4.02. The highest BCUT2D eigenvalue weighted by Crippen LogP contribution is 2.41. The maximum absolute atomic E-state index is 5.79. The van der Waals surface area contributed by atoms with Crippen LogP contribution in [0.25, 0.3) is 0 Å². The zero-order valence-corrected chi connectivity index (χ0v) is 7.62. The molecule has 1 fully saturated rings. The highest BCUT2D eigenvalue weighted by molar-refractivity contribution is 5.13. The van der Waals surface area contributed by atoms with E-state index in [0.717, 1.165) is 12.2 Å². The summed E-state index contributed by atoms with van der Waals surface area (Å²) < 4.78 is 5.79. The molecule has 0 amide bonds. The Morgan fingerprint density at radius 2 is 2.00 bits per heavy atom. The summed E-state index contributed by atoms with van der Waals surface area (Å²) in [5, 5.41) is 0. The zero-order chi connectivity index (χ0) is 8.55. The molecule has 2 aliphatic rings. The Hall–Kier alpha value is -0.560. The Morgan fingerprint density at radius 1 is 1.42 bits per heavy atom. The number of rotatable bonds is 3. The summed E-state index contributed by atoms with van der Waals surface area (Å²) in [5.74, 6) is 1.41. The van der Waals surface area contributed by atoms with Gasteiger partial charge in [0.15, 0.2) is 0 Å². The summed E-state index contributed by atoms with van der Waals surface area (Å²) in [5.41, 5.74) is 1.13. The van der Waals surface area contributed by atoms with Crippen molar-refractivity contribution in [1.29, 1.82) is 0 Å². The molecule has 0 N–H and O–H groups in total. The topological polar surface area (TPSA) is 9.23 Å². The van der Waals surface area contributed by atoms with Crippen LogP contribution in [0.5, 0.6) is 0 Å². The van der Waals surface area contributed by atoms with Crippen molar-refractivity contribution in [3.63, 3.8) is 0 Å². The Kier molecular flexibility index (Phi) is 2.05. The number of ether oxygens (including phenoxy) is 1. The summed E-state index contributed by atoms with van der Waals surface area (Å²) in [6.45, 7) is 6.59. The van der Waals surface area contributed by atoms with E-state index in [9.17, 15) is 0 Å². The first-order chi connectivity index (χ1) is 5.77. The SMILES string of the molecule is C=C(C)COC1C2C=CC1CC2. The second kappa shape index (κ2) is 3.06. The van der Waals surface area contributed by atoms with Crippen molar-refractivity contribution in [3.8, 4) is 0 Å². The fourth-order valence-corrected chi connectivity index (χ4v) is 2.21. The molecule has 0 radical (unpaired) electrons. The lowest BCUT2D eigenvalue weighted by molar-refractivity contribution is 0.0438. The average Bonchev–Trinajstić information content (AvgIpc) is 2.59. The first-order valence-corrected chi connectivity index (χ1v) is 4.71. The second-order valence-corrected chi connectivity index (χ2v) is 4.02. The highest BCUT2D eigenvalue weighted by atomic mass is 16.5. The van der Waals surface area contributed by atoms with Gasteiger partial charge in [-0.2, -0.15) is 0 Å². The van der Waals surface area contributed by atoms with Crippen molar-refractivity contribution in [2.24, 2.45) is 11.8 Å². The summed E-state index contributed by atoms with van der Waals surface area (Å²) >= 11 is 0. The minimum absolute atomic E-state index is 0.474. The fraction of sp³-hybridized carbons (Fsp3) is 0.636. The molecule has 2 bridgehead atoms. The van der Waals surface area contributed by atoms with E-state index in [1.54, 1.807) is 0 Å². The standard InChI is InChI=1S/C11H16O/c1-8(2)7-12-11-9-3-4-10(11)6-5-9/h3-4,9-11H,1,5-7H2,2H3. The van der Waals surface area contributed by atoms with Gasteiger partial charge >= 0.3 is 0 Å². The number of hydrogen-bond donors (Lipinski definition) is 0. The third-order valence-corrected chi connectivity index (χ3v) is 2.80. The summed E-state index contributed by atoms with van der Waals surface area (Å²) in [6, 6.07) is 0. The molecular formula is C11H16O. The molecule has 66 valence electrons. The van der Waals surface area contributed by atoms with Gasteiger partial charge in [0, 0.05) is 11.8 Å². The van der Waals surface area contributed by atoms with Crippen molar-refractivity contribution in [2.75, 3.05) is 6.61 Å². The molecule has 0 aromatic rings. The molecule has 1 heteroatoms. The van der Waals surface area contributed by atoms with Crippen molar-refractivity contribution < 1.29 is 4.74 Å². The van der Waals surface area contributed by atoms with Gasteiger partial charge in [-0.05, 0) is 19.8 Å². The fourth-order valence-electron chi connectivity index (χ4n) is 2.21. The Morgan fingerprint density at radius 3 is 2.42 bits per heavy atom. The monoisotopic (exact) mass is 164 g/mol. The van der Waals surface area contributed by atoms with E-state index in [-0.39, 0.29) is 0 Å². The van der Waals surface area contributed by atoms with Gasteiger partial charge in [0.2, 0.25) is 0 Å². The van der Waals surface area contributed by atoms with Gasteiger partial charge in [0.1, 0.15) is 0 Å². The third kappa shape index (κ3) is 1.34. The van der Waals surface area contributed by atoms with E-state index < -0.39 is 0 Å². The van der Waals surface area contributed by atoms with Gasteiger partial charge in [0.25, 0.3) is 0 Å². The van der Waals surface area contributed by atoms with E-state index in [0.29, 0.717) is 17.9 Å². The summed E-state index contributed by atoms with van der Waals surface area (Å²) in [7, 11) is 0. The Labute approximate surface area is 74.1 Å². The predicted octanol–water partition coefficient (Wildman–Crippen LogP) is 2.54. The van der Waals surface area contributed by atoms with Crippen LogP contribution in [0.3, 0.4) is 0 Å². The molecule has 0 aromatic heterocycles. The molecule has 2 atom stereocenters. The summed E-state index contributed by atoms with van der Waals surface area (Å²) in [4.78, 5) is 0. The molecular weight excluding hydrogens is 148 g/mol. The van der Waals surface area contributed by atoms with E-state index >= 15 is 0 Å². The van der Waals surface area contributed by atoms with Crippen molar-refractivity contribution >= 4 is 0 Å². The van der Waals surface area contributed by atoms with Gasteiger partial charge < -0.3 is 4.74 Å². The smallest absolute Gasteiger partial charge is 0.0704 e. The molecule has 0 saturated heterocycles. The molecule has 0 spiro atoms. The van der Waals surface area contributed by atoms with Crippen LogP contribution in [-0.2, 0) is 4.74 Å². The zero-order valence-electron chi connectivity index (χ0n) is 7.62. The largest absolute Gasteiger partial charge is 0.373 e. The first-order valence-electron chi connectivity index (χ1n) is 4.71. The van der Waals surface area contributed by atoms with E-state index in [2.05, 4.69) is 18.7 Å². The normalized spacial score (nSPS) is 37.6. The maximum atomic E-state index is 5.79. The van der Waals surface area contributed by atoms with Crippen LogP contribution in [0.1, 0.15) is 19.8 Å². The number of hydrogen-bond acceptors (Lipinski definition) is 1. The molecule has 0 aliphatic heterocycles. The first kappa shape index (κ1) is 8.06. The van der Waals surface area contributed by atoms with E-state index in [1.165, 1.54) is 12.8 Å². The minimum Gasteiger partial charge on any atom is -0.373 e. The molecule has 1 nitrogen and oxygen atoms in total. The predicted molar refractivity (Wildman–Crippen MR) is 49.9 cm³/mol. The molecule has 2 unspecified atom stereocenters. The third-order valence-electron chi connectivity index (χ3n) is 2.80. The molecule has 2 rings (SSSR count). The van der Waals surface area contributed by atoms with Gasteiger partial charge in [-0.3, -0.25) is 0 Å². The van der Waals surface area contributed by atoms with Crippen LogP contribution in [0, 0.1) is 11.8 Å². The highest BCUT2D eigenvalue weighted by Gasteiger charge is 2.38. The van der Waals surface area contributed by atoms with E-state index in [4.69, 9.17) is 4.74 Å². The van der Waals surface area contributed by atoms with Gasteiger partial charge in [-0.25, -0.2) is 0 Å². The number of fused-ring (bicyclic) bond motifs is 2. The van der Waals surface area contributed by atoms with Crippen LogP contribution in [-0.4, -0.2) is 12.7 Å². The minimum atomic E-state index is 0.474. The van der Waals surface area contributed by atoms with Crippen LogP contribution in [0.4, 0.5) is 0 Å². The molecule has 0 aromatic carbocycles. The molecule has 12 heavy (non-hydrogen) atoms. The van der Waals surface area contributed by atoms with Crippen LogP contribution in [0.2, 0.25) is 0 Å². The van der Waals surface area contributed by atoms with E-state index in [1.807, 2.05) is 6.92 Å². The molecule has 0 heterocycles. The molecule has 1 saturated carbocycles. The Balaban J connectivity index is 1.87. The van der Waals surface area contributed by atoms with Gasteiger partial charge in [-0.15, -0.1) is 0 Å². The van der Waals surface area contributed by atoms with Crippen molar-refractivity contribution in [1.82, 2.24) is 0 Å². The van der Waals surface area contributed by atoms with Crippen molar-refractivity contribution in [2.45, 2.75) is 25.9 Å². The lowest BCUT2D eigenvalue weighted by Crippen LogP contribution is -2.19. The summed E-state index contributed by atoms with van der Waals surface area (Å²) in [6.07, 6.45) is 7.75. The van der Waals surface area contributed by atoms with Crippen LogP contribution in [0.15, 0.2) is 24.3 Å². The quantitative estimate of drug-likeness (QED) is 0.582. The van der Waals surface area contributed by atoms with Gasteiger partial charge in [-0.1, -0.05) is 24.3 Å². The lowest BCUT2D eigenvalue weighted by atomic mass is 10.1. The lowest BCUT2D eigenvalue weighted by Gasteiger charge is -2.16. The Bertz CT molecular complexity index is 203. The average molecular weight is 164 g/mol. The molecule has 2 aliphatic carbocycles. The van der Waals surface area contributed by atoms with Crippen molar-refractivity contribution in [3.05, 3.63) is 24.3 Å². The van der Waals surface area contributed by atoms with Gasteiger partial charge in [0.05, 0.1) is 12.7 Å². The maximum Gasteiger partial charge on any atom is 0.0704 e.